The maximum absolute atomic E-state index is 5.38. The third-order valence-electron chi connectivity index (χ3n) is 3.71. The first-order chi connectivity index (χ1) is 6.88. The number of morpholine rings is 1. The molecule has 1 saturated heterocycles. The van der Waals surface area contributed by atoms with Crippen molar-refractivity contribution in [3.05, 3.63) is 6.04 Å². The minimum Gasteiger partial charge on any atom is -0.379 e. The van der Waals surface area contributed by atoms with Crippen molar-refractivity contribution in [1.29, 1.82) is 0 Å². The third kappa shape index (κ3) is 2.48. The van der Waals surface area contributed by atoms with E-state index in [0.29, 0.717) is 0 Å². The van der Waals surface area contributed by atoms with Crippen LogP contribution in [-0.2, 0) is 4.74 Å². The van der Waals surface area contributed by atoms with E-state index in [4.69, 9.17) is 4.74 Å². The lowest BCUT2D eigenvalue weighted by Crippen LogP contribution is -2.41. The van der Waals surface area contributed by atoms with Crippen molar-refractivity contribution >= 4 is 0 Å². The van der Waals surface area contributed by atoms with Gasteiger partial charge >= 0.3 is 0 Å². The second kappa shape index (κ2) is 5.13. The summed E-state index contributed by atoms with van der Waals surface area (Å²) < 4.78 is 5.38. The fourth-order valence-electron chi connectivity index (χ4n) is 2.69. The summed E-state index contributed by atoms with van der Waals surface area (Å²) in [6.07, 6.45) is 7.16. The molecule has 2 heteroatoms. The molecule has 0 N–H and O–H groups in total. The van der Waals surface area contributed by atoms with Crippen LogP contribution in [0.2, 0.25) is 0 Å². The topological polar surface area (TPSA) is 12.5 Å². The van der Waals surface area contributed by atoms with Gasteiger partial charge in [-0.2, -0.15) is 0 Å². The second-order valence-electron chi connectivity index (χ2n) is 4.58. The molecule has 14 heavy (non-hydrogen) atoms. The predicted molar refractivity (Wildman–Crippen MR) is 57.9 cm³/mol. The number of nitrogens with zero attached hydrogens (tertiary/aromatic N) is 1. The van der Waals surface area contributed by atoms with E-state index in [9.17, 15) is 0 Å². The smallest absolute Gasteiger partial charge is 0.0594 e. The van der Waals surface area contributed by atoms with E-state index in [0.717, 1.165) is 32.2 Å². The lowest BCUT2D eigenvalue weighted by atomic mass is 9.84. The molecule has 0 unspecified atom stereocenters. The zero-order chi connectivity index (χ0) is 9.80. The molecule has 0 aromatic heterocycles. The Morgan fingerprint density at radius 2 is 1.71 bits per heavy atom. The van der Waals surface area contributed by atoms with Gasteiger partial charge in [0, 0.05) is 19.1 Å². The molecule has 1 aliphatic heterocycles. The van der Waals surface area contributed by atoms with Crippen LogP contribution in [0.15, 0.2) is 0 Å². The molecule has 0 aromatic carbocycles. The van der Waals surface area contributed by atoms with Crippen molar-refractivity contribution < 1.29 is 4.74 Å². The number of rotatable bonds is 2. The molecule has 2 nitrogen and oxygen atoms in total. The van der Waals surface area contributed by atoms with Gasteiger partial charge in [0.2, 0.25) is 0 Å². The Hall–Kier alpha value is -0.0800. The average molecular weight is 196 g/mol. The molecular weight excluding hydrogens is 174 g/mol. The van der Waals surface area contributed by atoms with Crippen molar-refractivity contribution in [2.45, 2.75) is 39.0 Å². The summed E-state index contributed by atoms with van der Waals surface area (Å²) in [5.41, 5.74) is 0. The van der Waals surface area contributed by atoms with Crippen molar-refractivity contribution in [2.75, 3.05) is 26.3 Å². The van der Waals surface area contributed by atoms with Gasteiger partial charge in [0.05, 0.1) is 13.2 Å². The summed E-state index contributed by atoms with van der Waals surface area (Å²) in [7, 11) is 0. The van der Waals surface area contributed by atoms with E-state index in [1.165, 1.54) is 32.1 Å². The van der Waals surface area contributed by atoms with Crippen LogP contribution in [0.3, 0.4) is 0 Å². The zero-order valence-electron chi connectivity index (χ0n) is 9.30. The Kier molecular flexibility index (Phi) is 3.82. The van der Waals surface area contributed by atoms with Crippen LogP contribution in [0.1, 0.15) is 39.0 Å². The Balaban J connectivity index is 1.82. The lowest BCUT2D eigenvalue weighted by Gasteiger charge is -2.37. The van der Waals surface area contributed by atoms with Gasteiger partial charge in [-0.1, -0.05) is 19.3 Å². The van der Waals surface area contributed by atoms with Gasteiger partial charge in [-0.05, 0) is 25.7 Å². The summed E-state index contributed by atoms with van der Waals surface area (Å²) in [5.74, 6) is 0.877. The molecule has 1 radical (unpaired) electrons. The van der Waals surface area contributed by atoms with Gasteiger partial charge in [-0.25, -0.2) is 0 Å². The fourth-order valence-corrected chi connectivity index (χ4v) is 2.69. The van der Waals surface area contributed by atoms with Gasteiger partial charge in [0.15, 0.2) is 0 Å². The first-order valence-electron chi connectivity index (χ1n) is 6.04. The van der Waals surface area contributed by atoms with Crippen molar-refractivity contribution in [3.63, 3.8) is 0 Å². The van der Waals surface area contributed by atoms with Crippen molar-refractivity contribution in [3.8, 4) is 0 Å². The highest BCUT2D eigenvalue weighted by Crippen LogP contribution is 2.33. The van der Waals surface area contributed by atoms with Crippen LogP contribution < -0.4 is 0 Å². The van der Waals surface area contributed by atoms with Crippen molar-refractivity contribution in [1.82, 2.24) is 4.90 Å². The summed E-state index contributed by atoms with van der Waals surface area (Å²) in [6.45, 7) is 6.40. The Morgan fingerprint density at radius 1 is 1.07 bits per heavy atom. The van der Waals surface area contributed by atoms with E-state index in [1.54, 1.807) is 6.04 Å². The molecule has 2 aliphatic rings. The van der Waals surface area contributed by atoms with Crippen LogP contribution in [0, 0.1) is 12.0 Å². The van der Waals surface area contributed by atoms with Gasteiger partial charge in [0.25, 0.3) is 0 Å². The van der Waals surface area contributed by atoms with E-state index < -0.39 is 0 Å². The monoisotopic (exact) mass is 196 g/mol. The molecule has 1 heterocycles. The third-order valence-corrected chi connectivity index (χ3v) is 3.71. The molecule has 0 spiro atoms. The fraction of sp³-hybridized carbons (Fsp3) is 0.917. The van der Waals surface area contributed by atoms with Crippen LogP contribution in [-0.4, -0.2) is 31.2 Å². The van der Waals surface area contributed by atoms with E-state index in [2.05, 4.69) is 11.8 Å². The number of hydrogen-bond acceptors (Lipinski definition) is 2. The van der Waals surface area contributed by atoms with Crippen LogP contribution >= 0.6 is 0 Å². The molecule has 81 valence electrons. The molecule has 1 saturated carbocycles. The molecule has 0 aromatic rings. The SMILES string of the molecule is C[C](C1CCCCC1)N1CCOCC1. The maximum Gasteiger partial charge on any atom is 0.0594 e. The normalized spacial score (nSPS) is 27.0. The van der Waals surface area contributed by atoms with Gasteiger partial charge in [-0.3, -0.25) is 4.90 Å². The highest BCUT2D eigenvalue weighted by molar-refractivity contribution is 4.94. The molecule has 2 fully saturated rings. The summed E-state index contributed by atoms with van der Waals surface area (Å²) in [6, 6.07) is 1.63. The minimum absolute atomic E-state index is 0.877. The summed E-state index contributed by atoms with van der Waals surface area (Å²) in [4.78, 5) is 2.54. The molecular formula is C12H22NO. The average Bonchev–Trinajstić information content (AvgIpc) is 2.30. The first kappa shape index (κ1) is 10.4. The van der Waals surface area contributed by atoms with Crippen LogP contribution in [0.5, 0.6) is 0 Å². The Bertz CT molecular complexity index is 142. The van der Waals surface area contributed by atoms with Crippen LogP contribution in [0.25, 0.3) is 0 Å². The highest BCUT2D eigenvalue weighted by atomic mass is 16.5. The van der Waals surface area contributed by atoms with Crippen LogP contribution in [0.4, 0.5) is 0 Å². The second-order valence-corrected chi connectivity index (χ2v) is 4.58. The molecule has 0 amide bonds. The van der Waals surface area contributed by atoms with E-state index in [-0.39, 0.29) is 0 Å². The molecule has 2 rings (SSSR count). The Morgan fingerprint density at radius 3 is 2.36 bits per heavy atom. The maximum atomic E-state index is 5.38. The minimum atomic E-state index is 0.877. The molecule has 1 aliphatic carbocycles. The molecule has 0 bridgehead atoms. The largest absolute Gasteiger partial charge is 0.379 e. The first-order valence-corrected chi connectivity index (χ1v) is 6.04. The predicted octanol–water partition coefficient (Wildman–Crippen LogP) is 2.45. The highest BCUT2D eigenvalue weighted by Gasteiger charge is 2.26. The van der Waals surface area contributed by atoms with E-state index in [1.807, 2.05) is 0 Å². The van der Waals surface area contributed by atoms with Gasteiger partial charge in [0.1, 0.15) is 0 Å². The van der Waals surface area contributed by atoms with E-state index >= 15 is 0 Å². The van der Waals surface area contributed by atoms with Gasteiger partial charge < -0.3 is 4.74 Å². The van der Waals surface area contributed by atoms with Crippen molar-refractivity contribution in [2.24, 2.45) is 5.92 Å². The lowest BCUT2D eigenvalue weighted by molar-refractivity contribution is 0.0314. The summed E-state index contributed by atoms with van der Waals surface area (Å²) >= 11 is 0. The zero-order valence-corrected chi connectivity index (χ0v) is 9.30. The Labute approximate surface area is 87.6 Å². The quantitative estimate of drug-likeness (QED) is 0.672. The van der Waals surface area contributed by atoms with Gasteiger partial charge in [-0.15, -0.1) is 0 Å². The number of ether oxygens (including phenoxy) is 1. The standard InChI is InChI=1S/C12H22NO/c1-11(12-5-3-2-4-6-12)13-7-9-14-10-8-13/h12H,2-10H2,1H3. The number of hydrogen-bond donors (Lipinski definition) is 0. The molecule has 0 atom stereocenters. The summed E-state index contributed by atoms with van der Waals surface area (Å²) in [5, 5.41) is 0.